The van der Waals surface area contributed by atoms with Crippen LogP contribution in [0, 0.1) is 0 Å². The van der Waals surface area contributed by atoms with Gasteiger partial charge >= 0.3 is 6.18 Å². The second-order valence-electron chi connectivity index (χ2n) is 4.28. The first-order valence-electron chi connectivity index (χ1n) is 6.25. The average Bonchev–Trinajstić information content (AvgIpc) is 2.45. The first-order valence-corrected chi connectivity index (χ1v) is 6.63. The van der Waals surface area contributed by atoms with Crippen molar-refractivity contribution < 1.29 is 17.9 Å². The molecule has 2 nitrogen and oxygen atoms in total. The third-order valence-corrected chi connectivity index (χ3v) is 3.05. The summed E-state index contributed by atoms with van der Waals surface area (Å²) < 4.78 is 42.9. The lowest BCUT2D eigenvalue weighted by Crippen LogP contribution is -2.12. The zero-order valence-electron chi connectivity index (χ0n) is 11.0. The highest BCUT2D eigenvalue weighted by atomic mass is 35.5. The first-order chi connectivity index (χ1) is 9.97. The normalized spacial score (nSPS) is 11.2. The van der Waals surface area contributed by atoms with Crippen molar-refractivity contribution in [2.24, 2.45) is 0 Å². The molecule has 0 fully saturated rings. The third-order valence-electron chi connectivity index (χ3n) is 2.72. The zero-order chi connectivity index (χ0) is 15.3. The molecule has 0 heterocycles. The fourth-order valence-corrected chi connectivity index (χ4v) is 1.92. The fraction of sp³-hybridized carbons (Fsp3) is 0.200. The van der Waals surface area contributed by atoms with Crippen molar-refractivity contribution in [2.45, 2.75) is 6.18 Å². The second-order valence-corrected chi connectivity index (χ2v) is 4.69. The molecule has 2 aromatic carbocycles. The number of hydrogen-bond donors (Lipinski definition) is 1. The summed E-state index contributed by atoms with van der Waals surface area (Å²) in [5.41, 5.74) is 0.0332. The molecule has 0 aliphatic carbocycles. The number of hydrogen-bond acceptors (Lipinski definition) is 2. The van der Waals surface area contributed by atoms with Crippen LogP contribution in [0.2, 0.25) is 5.02 Å². The van der Waals surface area contributed by atoms with E-state index < -0.39 is 11.7 Å². The van der Waals surface area contributed by atoms with Gasteiger partial charge in [-0.2, -0.15) is 13.2 Å². The number of benzene rings is 2. The van der Waals surface area contributed by atoms with E-state index in [9.17, 15) is 13.2 Å². The maximum atomic E-state index is 12.5. The summed E-state index contributed by atoms with van der Waals surface area (Å²) >= 11 is 5.96. The Morgan fingerprint density at radius 3 is 2.52 bits per heavy atom. The van der Waals surface area contributed by atoms with Gasteiger partial charge in [-0.05, 0) is 30.3 Å². The zero-order valence-corrected chi connectivity index (χ0v) is 11.7. The van der Waals surface area contributed by atoms with E-state index in [0.717, 1.165) is 17.8 Å². The van der Waals surface area contributed by atoms with Gasteiger partial charge in [0.15, 0.2) is 0 Å². The van der Waals surface area contributed by atoms with E-state index in [4.69, 9.17) is 16.3 Å². The molecule has 0 aliphatic heterocycles. The Kier molecular flexibility index (Phi) is 4.96. The average molecular weight is 316 g/mol. The molecule has 0 aromatic heterocycles. The lowest BCUT2D eigenvalue weighted by atomic mass is 10.2. The molecule has 112 valence electrons. The van der Waals surface area contributed by atoms with Gasteiger partial charge in [0, 0.05) is 6.54 Å². The SMILES string of the molecule is FC(F)(F)c1cccc(OCCNc2ccccc2Cl)c1. The van der Waals surface area contributed by atoms with Gasteiger partial charge in [-0.25, -0.2) is 0 Å². The number of rotatable bonds is 5. The maximum Gasteiger partial charge on any atom is 0.416 e. The highest BCUT2D eigenvalue weighted by Crippen LogP contribution is 2.31. The van der Waals surface area contributed by atoms with Crippen molar-refractivity contribution in [3.05, 3.63) is 59.1 Å². The molecule has 0 saturated carbocycles. The third kappa shape index (κ3) is 4.56. The number of para-hydroxylation sites is 1. The molecule has 2 rings (SSSR count). The van der Waals surface area contributed by atoms with Gasteiger partial charge in [0.2, 0.25) is 0 Å². The highest BCUT2D eigenvalue weighted by molar-refractivity contribution is 6.33. The van der Waals surface area contributed by atoms with Crippen molar-refractivity contribution in [3.8, 4) is 5.75 Å². The number of anilines is 1. The van der Waals surface area contributed by atoms with E-state index in [1.807, 2.05) is 18.2 Å². The van der Waals surface area contributed by atoms with Gasteiger partial charge in [0.25, 0.3) is 0 Å². The summed E-state index contributed by atoms with van der Waals surface area (Å²) in [4.78, 5) is 0. The predicted molar refractivity (Wildman–Crippen MR) is 76.9 cm³/mol. The molecule has 0 unspecified atom stereocenters. The maximum absolute atomic E-state index is 12.5. The van der Waals surface area contributed by atoms with E-state index >= 15 is 0 Å². The van der Waals surface area contributed by atoms with E-state index in [2.05, 4.69) is 5.32 Å². The number of alkyl halides is 3. The van der Waals surface area contributed by atoms with E-state index in [-0.39, 0.29) is 12.4 Å². The van der Waals surface area contributed by atoms with Crippen LogP contribution in [-0.4, -0.2) is 13.2 Å². The minimum Gasteiger partial charge on any atom is -0.492 e. The van der Waals surface area contributed by atoms with E-state index in [1.165, 1.54) is 12.1 Å². The monoisotopic (exact) mass is 315 g/mol. The highest BCUT2D eigenvalue weighted by Gasteiger charge is 2.30. The summed E-state index contributed by atoms with van der Waals surface area (Å²) in [5.74, 6) is 0.186. The molecule has 0 bridgehead atoms. The summed E-state index contributed by atoms with van der Waals surface area (Å²) in [5, 5.41) is 3.63. The van der Waals surface area contributed by atoms with Gasteiger partial charge in [-0.1, -0.05) is 29.8 Å². The molecule has 2 aromatic rings. The largest absolute Gasteiger partial charge is 0.492 e. The van der Waals surface area contributed by atoms with Gasteiger partial charge in [-0.15, -0.1) is 0 Å². The summed E-state index contributed by atoms with van der Waals surface area (Å²) in [7, 11) is 0. The lowest BCUT2D eigenvalue weighted by molar-refractivity contribution is -0.137. The molecule has 0 saturated heterocycles. The van der Waals surface area contributed by atoms with Gasteiger partial charge in [-0.3, -0.25) is 0 Å². The summed E-state index contributed by atoms with van der Waals surface area (Å²) in [6.45, 7) is 0.659. The fourth-order valence-electron chi connectivity index (χ4n) is 1.72. The van der Waals surface area contributed by atoms with Gasteiger partial charge in [0.1, 0.15) is 12.4 Å². The first kappa shape index (κ1) is 15.5. The molecule has 1 N–H and O–H groups in total. The van der Waals surface area contributed by atoms with Crippen LogP contribution in [-0.2, 0) is 6.18 Å². The Bertz CT molecular complexity index is 601. The van der Waals surface area contributed by atoms with Crippen LogP contribution in [0.25, 0.3) is 0 Å². The molecule has 0 atom stereocenters. The van der Waals surface area contributed by atoms with Crippen LogP contribution in [0.5, 0.6) is 5.75 Å². The van der Waals surface area contributed by atoms with Crippen LogP contribution < -0.4 is 10.1 Å². The smallest absolute Gasteiger partial charge is 0.416 e. The molecular weight excluding hydrogens is 303 g/mol. The van der Waals surface area contributed by atoms with Crippen molar-refractivity contribution in [1.29, 1.82) is 0 Å². The molecule has 0 radical (unpaired) electrons. The van der Waals surface area contributed by atoms with E-state index in [1.54, 1.807) is 6.07 Å². The molecular formula is C15H13ClF3NO. The molecule has 0 amide bonds. The van der Waals surface area contributed by atoms with Crippen molar-refractivity contribution in [2.75, 3.05) is 18.5 Å². The Balaban J connectivity index is 1.85. The predicted octanol–water partition coefficient (Wildman–Crippen LogP) is 4.85. The van der Waals surface area contributed by atoms with Crippen molar-refractivity contribution in [3.63, 3.8) is 0 Å². The Hall–Kier alpha value is -1.88. The van der Waals surface area contributed by atoms with Crippen molar-refractivity contribution >= 4 is 17.3 Å². The topological polar surface area (TPSA) is 21.3 Å². The second kappa shape index (κ2) is 6.72. The van der Waals surface area contributed by atoms with Crippen LogP contribution in [0.3, 0.4) is 0 Å². The van der Waals surface area contributed by atoms with Crippen LogP contribution in [0.1, 0.15) is 5.56 Å². The van der Waals surface area contributed by atoms with Crippen LogP contribution in [0.4, 0.5) is 18.9 Å². The molecule has 21 heavy (non-hydrogen) atoms. The minimum atomic E-state index is -4.37. The minimum absolute atomic E-state index is 0.186. The van der Waals surface area contributed by atoms with E-state index in [0.29, 0.717) is 11.6 Å². The summed E-state index contributed by atoms with van der Waals surface area (Å²) in [6, 6.07) is 12.0. The lowest BCUT2D eigenvalue weighted by Gasteiger charge is -2.11. The number of ether oxygens (including phenoxy) is 1. The Morgan fingerprint density at radius 2 is 1.81 bits per heavy atom. The van der Waals surface area contributed by atoms with Gasteiger partial charge in [0.05, 0.1) is 16.3 Å². The van der Waals surface area contributed by atoms with Crippen LogP contribution in [0.15, 0.2) is 48.5 Å². The summed E-state index contributed by atoms with van der Waals surface area (Å²) in [6.07, 6.45) is -4.37. The molecule has 6 heteroatoms. The van der Waals surface area contributed by atoms with Gasteiger partial charge < -0.3 is 10.1 Å². The van der Waals surface area contributed by atoms with Crippen molar-refractivity contribution in [1.82, 2.24) is 0 Å². The Labute approximate surface area is 125 Å². The quantitative estimate of drug-likeness (QED) is 0.796. The Morgan fingerprint density at radius 1 is 1.05 bits per heavy atom. The number of nitrogens with one attached hydrogen (secondary N) is 1. The standard InChI is InChI=1S/C15H13ClF3NO/c16-13-6-1-2-7-14(13)20-8-9-21-12-5-3-4-11(10-12)15(17,18)19/h1-7,10,20H,8-9H2. The number of halogens is 4. The molecule has 0 aliphatic rings. The van der Waals surface area contributed by atoms with Crippen LogP contribution >= 0.6 is 11.6 Å². The molecule has 0 spiro atoms.